The number of nitro benzene ring substituents is 1. The van der Waals surface area contributed by atoms with E-state index in [-0.39, 0.29) is 34.8 Å². The van der Waals surface area contributed by atoms with Gasteiger partial charge in [0.05, 0.1) is 64.2 Å². The fourth-order valence-corrected chi connectivity index (χ4v) is 12.6. The molecule has 2 fully saturated rings. The average Bonchev–Trinajstić information content (AvgIpc) is 3.93. The third-order valence-electron chi connectivity index (χ3n) is 13.7. The van der Waals surface area contributed by atoms with E-state index in [9.17, 15) is 31.7 Å². The summed E-state index contributed by atoms with van der Waals surface area (Å²) in [5, 5.41) is 16.5. The van der Waals surface area contributed by atoms with Gasteiger partial charge in [0.25, 0.3) is 21.6 Å². The summed E-state index contributed by atoms with van der Waals surface area (Å²) in [5.41, 5.74) is 5.00. The number of rotatable bonds is 14. The van der Waals surface area contributed by atoms with Gasteiger partial charge in [-0.25, -0.2) is 25.9 Å². The number of nitrogens with zero attached hydrogens (tertiary/aromatic N) is 6. The van der Waals surface area contributed by atoms with Gasteiger partial charge >= 0.3 is 0 Å². The topological polar surface area (TPSA) is 224 Å². The molecule has 7 aromatic rings. The molecule has 10 rings (SSSR count). The molecule has 0 aliphatic carbocycles. The molecule has 4 aromatic carbocycles. The molecule has 0 spiro atoms. The Morgan fingerprint density at radius 3 is 2.34 bits per heavy atom. The normalized spacial score (nSPS) is 16.4. The molecule has 0 unspecified atom stereocenters. The van der Waals surface area contributed by atoms with Crippen LogP contribution in [0.4, 0.5) is 38.5 Å². The minimum Gasteiger partial charge on any atom is -0.476 e. The van der Waals surface area contributed by atoms with Crippen molar-refractivity contribution in [2.24, 2.45) is 0 Å². The smallest absolute Gasteiger partial charge is 0.293 e. The Hall–Kier alpha value is -7.24. The highest BCUT2D eigenvalue weighted by atomic mass is 35.5. The van der Waals surface area contributed by atoms with Gasteiger partial charge in [0.2, 0.25) is 5.88 Å². The third-order valence-corrected chi connectivity index (χ3v) is 16.6. The molecule has 1 atom stereocenters. The number of hydrogen-bond donors (Lipinski definition) is 3. The fraction of sp³-hybridized carbons (Fsp3) is 0.321. The van der Waals surface area contributed by atoms with Crippen LogP contribution in [0.15, 0.2) is 107 Å². The van der Waals surface area contributed by atoms with E-state index < -0.39 is 47.1 Å². The van der Waals surface area contributed by atoms with E-state index >= 15 is 4.39 Å². The van der Waals surface area contributed by atoms with E-state index in [1.165, 1.54) is 24.3 Å². The first-order valence-electron chi connectivity index (χ1n) is 24.7. The summed E-state index contributed by atoms with van der Waals surface area (Å²) in [6, 6.07) is 23.8. The Bertz CT molecular complexity index is 3620. The molecule has 76 heavy (non-hydrogen) atoms. The lowest BCUT2D eigenvalue weighted by Gasteiger charge is -2.38. The first-order valence-corrected chi connectivity index (χ1v) is 28.4. The predicted octanol–water partition coefficient (Wildman–Crippen LogP) is 8.89. The van der Waals surface area contributed by atoms with Gasteiger partial charge < -0.3 is 43.8 Å². The molecule has 398 valence electrons. The monoisotopic (exact) mass is 1100 g/mol. The zero-order valence-electron chi connectivity index (χ0n) is 42.0. The number of halogens is 2. The van der Waals surface area contributed by atoms with Crippen molar-refractivity contribution in [1.29, 1.82) is 0 Å². The molecule has 3 aromatic heterocycles. The van der Waals surface area contributed by atoms with Gasteiger partial charge in [-0.2, -0.15) is 4.98 Å². The Morgan fingerprint density at radius 1 is 0.895 bits per heavy atom. The molecule has 1 amide bonds. The van der Waals surface area contributed by atoms with Crippen LogP contribution in [-0.4, -0.2) is 120 Å². The average molecular weight is 1100 g/mol. The number of amides is 1. The predicted molar refractivity (Wildman–Crippen MR) is 289 cm³/mol. The summed E-state index contributed by atoms with van der Waals surface area (Å²) in [4.78, 5) is 39.5. The zero-order valence-corrected chi connectivity index (χ0v) is 44.4. The molecular weight excluding hydrogens is 1040 g/mol. The molecule has 3 aliphatic rings. The standard InChI is InChI=1S/C53H55ClFN9O10S2/c1-32(2)63-33(3)50(75(4,68)69)48(49(63)34-6-8-37(54)9-7-34)36-24-38(55)27-40(25-36)61-19-17-60(18-20-61)39-10-12-43(45(28-39)62-16-5-21-74-53-47(62)26-35-14-15-56-51(35)58-53)52(65)59-76(70,71)42-11-13-44(46(29-42)64(66)67)57-30-41-31-72-22-23-73-41/h6-15,24-29,32,41,57H,5,16-23,30-31H2,1-4H3,(H,56,58)(H,59,65)/t41-/m0/s1. The van der Waals surface area contributed by atoms with E-state index in [0.29, 0.717) is 127 Å². The highest BCUT2D eigenvalue weighted by Crippen LogP contribution is 2.45. The number of sulfonamides is 1. The Labute approximate surface area is 443 Å². The summed E-state index contributed by atoms with van der Waals surface area (Å²) < 4.78 is 92.7. The second-order valence-corrected chi connectivity index (χ2v) is 23.2. The van der Waals surface area contributed by atoms with Crippen molar-refractivity contribution in [2.75, 3.05) is 92.0 Å². The van der Waals surface area contributed by atoms with E-state index in [1.54, 1.807) is 37.4 Å². The van der Waals surface area contributed by atoms with Gasteiger partial charge in [0, 0.05) is 96.9 Å². The number of benzene rings is 4. The van der Waals surface area contributed by atoms with E-state index in [2.05, 4.69) is 19.9 Å². The van der Waals surface area contributed by atoms with Crippen LogP contribution in [0.2, 0.25) is 5.02 Å². The molecule has 2 saturated heterocycles. The van der Waals surface area contributed by atoms with E-state index in [0.717, 1.165) is 23.3 Å². The second kappa shape index (κ2) is 21.1. The summed E-state index contributed by atoms with van der Waals surface area (Å²) in [6.45, 7) is 9.39. The second-order valence-electron chi connectivity index (χ2n) is 19.2. The number of carbonyl (C=O) groups excluding carboxylic acids is 1. The van der Waals surface area contributed by atoms with Crippen LogP contribution in [0.1, 0.15) is 42.4 Å². The molecule has 19 nitrogen and oxygen atoms in total. The largest absolute Gasteiger partial charge is 0.476 e. The van der Waals surface area contributed by atoms with Crippen molar-refractivity contribution in [3.63, 3.8) is 0 Å². The van der Waals surface area contributed by atoms with Crippen molar-refractivity contribution in [2.45, 2.75) is 49.1 Å². The molecule has 3 N–H and O–H groups in total. The maximum atomic E-state index is 16.0. The van der Waals surface area contributed by atoms with Crippen molar-refractivity contribution < 1.29 is 45.2 Å². The SMILES string of the molecule is Cc1c(S(C)(=O)=O)c(-c2cc(F)cc(N3CCN(c4ccc(C(=O)NS(=O)(=O)c5ccc(NC[C@H]6COCCO6)c([N+](=O)[O-])c5)c(N5CCCOc6nc7[nH]ccc7cc65)c4)CC3)c2)c(-c2ccc(Cl)cc2)n1C(C)C. The Kier molecular flexibility index (Phi) is 14.5. The van der Waals surface area contributed by atoms with Gasteiger partial charge in [-0.1, -0.05) is 23.7 Å². The van der Waals surface area contributed by atoms with Crippen LogP contribution in [0.3, 0.4) is 0 Å². The minimum atomic E-state index is -4.69. The highest BCUT2D eigenvalue weighted by Gasteiger charge is 2.33. The first kappa shape index (κ1) is 52.2. The number of piperazine rings is 1. The molecular formula is C53H55ClFN9O10S2. The van der Waals surface area contributed by atoms with Gasteiger partial charge in [-0.3, -0.25) is 14.9 Å². The van der Waals surface area contributed by atoms with Crippen LogP contribution in [0, 0.1) is 22.9 Å². The van der Waals surface area contributed by atoms with E-state index in [1.807, 2.05) is 64.6 Å². The summed E-state index contributed by atoms with van der Waals surface area (Å²) in [5.74, 6) is -1.21. The lowest BCUT2D eigenvalue weighted by Crippen LogP contribution is -2.46. The van der Waals surface area contributed by atoms with Crippen LogP contribution in [0.5, 0.6) is 5.88 Å². The number of aromatic nitrogens is 3. The van der Waals surface area contributed by atoms with Crippen LogP contribution < -0.4 is 29.5 Å². The number of aromatic amines is 1. The highest BCUT2D eigenvalue weighted by molar-refractivity contribution is 7.91. The van der Waals surface area contributed by atoms with Crippen molar-refractivity contribution in [3.05, 3.63) is 129 Å². The van der Waals surface area contributed by atoms with Gasteiger partial charge in [-0.05, 0) is 111 Å². The number of ether oxygens (including phenoxy) is 3. The molecule has 0 bridgehead atoms. The van der Waals surface area contributed by atoms with Crippen LogP contribution >= 0.6 is 11.6 Å². The van der Waals surface area contributed by atoms with Crippen LogP contribution in [0.25, 0.3) is 33.4 Å². The number of hydrogen-bond acceptors (Lipinski definition) is 15. The molecule has 0 radical (unpaired) electrons. The number of carbonyl (C=O) groups is 1. The van der Waals surface area contributed by atoms with Crippen LogP contribution in [-0.2, 0) is 29.3 Å². The first-order chi connectivity index (χ1) is 36.3. The number of nitro groups is 1. The maximum Gasteiger partial charge on any atom is 0.293 e. The Morgan fingerprint density at radius 2 is 1.64 bits per heavy atom. The Balaban J connectivity index is 0.962. The number of fused-ring (bicyclic) bond motifs is 2. The minimum absolute atomic E-state index is 0.00396. The zero-order chi connectivity index (χ0) is 53.6. The molecule has 6 heterocycles. The third kappa shape index (κ3) is 10.5. The van der Waals surface area contributed by atoms with Gasteiger partial charge in [-0.15, -0.1) is 0 Å². The molecule has 0 saturated carbocycles. The van der Waals surface area contributed by atoms with Crippen molar-refractivity contribution >= 4 is 82.5 Å². The lowest BCUT2D eigenvalue weighted by molar-refractivity contribution is -0.384. The number of nitrogens with one attached hydrogen (secondary N) is 3. The lowest BCUT2D eigenvalue weighted by atomic mass is 9.99. The number of pyridine rings is 1. The fourth-order valence-electron chi connectivity index (χ4n) is 10.3. The maximum absolute atomic E-state index is 16.0. The quantitative estimate of drug-likeness (QED) is 0.0683. The van der Waals surface area contributed by atoms with Crippen molar-refractivity contribution in [1.82, 2.24) is 19.3 Å². The molecule has 23 heteroatoms. The number of sulfone groups is 1. The summed E-state index contributed by atoms with van der Waals surface area (Å²) in [6.07, 6.45) is 3.07. The summed E-state index contributed by atoms with van der Waals surface area (Å²) >= 11 is 6.29. The number of H-pyrrole nitrogens is 1. The van der Waals surface area contributed by atoms with Crippen molar-refractivity contribution in [3.8, 4) is 28.3 Å². The van der Waals surface area contributed by atoms with E-state index in [4.69, 9.17) is 30.8 Å². The number of anilines is 5. The van der Waals surface area contributed by atoms with Gasteiger partial charge in [0.1, 0.15) is 22.8 Å². The van der Waals surface area contributed by atoms with Gasteiger partial charge in [0.15, 0.2) is 9.84 Å². The summed E-state index contributed by atoms with van der Waals surface area (Å²) in [7, 11) is -8.51. The molecule has 3 aliphatic heterocycles.